The first-order chi connectivity index (χ1) is 7.20. The third-order valence-corrected chi connectivity index (χ3v) is 10.8. The van der Waals surface area contributed by atoms with Gasteiger partial charge < -0.3 is 4.52 Å². The average molecular weight is 280 g/mol. The Labute approximate surface area is 103 Å². The Bertz CT molecular complexity index is 323. The molecule has 0 aliphatic heterocycles. The lowest BCUT2D eigenvalue weighted by Gasteiger charge is -2.11. The number of thioether (sulfide) groups is 1. The molecular weight excluding hydrogens is 267 g/mol. The molecule has 0 saturated carbocycles. The van der Waals surface area contributed by atoms with Gasteiger partial charge in [0.15, 0.2) is 0 Å². The Morgan fingerprint density at radius 2 is 2.00 bits per heavy atom. The molecule has 1 aromatic carbocycles. The zero-order valence-electron chi connectivity index (χ0n) is 8.58. The molecule has 6 heteroatoms. The highest BCUT2D eigenvalue weighted by Crippen LogP contribution is 2.69. The summed E-state index contributed by atoms with van der Waals surface area (Å²) in [5.41, 5.74) is 0. The molecule has 0 aliphatic carbocycles. The third-order valence-electron chi connectivity index (χ3n) is 1.63. The van der Waals surface area contributed by atoms with Gasteiger partial charge >= 0.3 is 5.77 Å². The zero-order chi connectivity index (χ0) is 11.1. The topological polar surface area (TPSA) is 26.3 Å². The largest absolute Gasteiger partial charge is 0.317 e. The van der Waals surface area contributed by atoms with E-state index in [0.29, 0.717) is 0 Å². The first-order valence-corrected chi connectivity index (χ1v) is 10.3. The van der Waals surface area contributed by atoms with Crippen molar-refractivity contribution in [3.05, 3.63) is 30.3 Å². The van der Waals surface area contributed by atoms with Gasteiger partial charge in [0.05, 0.1) is 5.08 Å². The fourth-order valence-electron chi connectivity index (χ4n) is 0.856. The van der Waals surface area contributed by atoms with Crippen molar-refractivity contribution in [2.45, 2.75) is 4.90 Å². The molecule has 0 aromatic heterocycles. The van der Waals surface area contributed by atoms with Crippen LogP contribution in [-0.4, -0.2) is 18.5 Å². The lowest BCUT2D eigenvalue weighted by Crippen LogP contribution is -1.76. The molecule has 0 amide bonds. The van der Waals surface area contributed by atoms with Crippen LogP contribution in [0.1, 0.15) is 0 Å². The first-order valence-electron chi connectivity index (χ1n) is 4.24. The summed E-state index contributed by atoms with van der Waals surface area (Å²) in [6, 6.07) is 10.1. The van der Waals surface area contributed by atoms with Crippen molar-refractivity contribution in [3.63, 3.8) is 0 Å². The van der Waals surface area contributed by atoms with E-state index in [1.807, 2.05) is 36.6 Å². The molecule has 84 valence electrons. The van der Waals surface area contributed by atoms with Crippen molar-refractivity contribution in [1.29, 1.82) is 0 Å². The van der Waals surface area contributed by atoms with Crippen LogP contribution in [0, 0.1) is 0 Å². The summed E-state index contributed by atoms with van der Waals surface area (Å²) < 4.78 is 16.8. The highest BCUT2D eigenvalue weighted by atomic mass is 33.1. The average Bonchev–Trinajstić information content (AvgIpc) is 2.30. The molecule has 1 atom stereocenters. The highest BCUT2D eigenvalue weighted by Gasteiger charge is 2.20. The van der Waals surface area contributed by atoms with E-state index in [2.05, 4.69) is 0 Å². The Balaban J connectivity index is 2.36. The molecule has 1 unspecified atom stereocenters. The van der Waals surface area contributed by atoms with Gasteiger partial charge in [-0.2, -0.15) is 0 Å². The molecule has 0 spiro atoms. The summed E-state index contributed by atoms with van der Waals surface area (Å²) in [6.45, 7) is 0. The van der Waals surface area contributed by atoms with Crippen molar-refractivity contribution < 1.29 is 9.09 Å². The van der Waals surface area contributed by atoms with Crippen LogP contribution in [0.4, 0.5) is 0 Å². The summed E-state index contributed by atoms with van der Waals surface area (Å²) in [5, 5.41) is 0.746. The minimum atomic E-state index is -2.51. The standard InChI is InChI=1S/C9H13O2PS3/c1-11-12(10,13-2)15-8-14-9-6-4-3-5-7-9/h3-7H,8H2,1-2H3. The van der Waals surface area contributed by atoms with Crippen LogP contribution in [0.15, 0.2) is 35.2 Å². The quantitative estimate of drug-likeness (QED) is 0.431. The minimum absolute atomic E-state index is 0.746. The van der Waals surface area contributed by atoms with Crippen LogP contribution in [0.5, 0.6) is 0 Å². The lowest BCUT2D eigenvalue weighted by atomic mass is 10.4. The zero-order valence-corrected chi connectivity index (χ0v) is 11.9. The Morgan fingerprint density at radius 1 is 1.33 bits per heavy atom. The SMILES string of the molecule is COP(=O)(SC)SCSc1ccccc1. The van der Waals surface area contributed by atoms with E-state index in [1.54, 1.807) is 11.8 Å². The molecule has 1 aromatic rings. The van der Waals surface area contributed by atoms with Gasteiger partial charge in [0, 0.05) is 12.0 Å². The summed E-state index contributed by atoms with van der Waals surface area (Å²) in [5.74, 6) is -2.51. The van der Waals surface area contributed by atoms with Crippen molar-refractivity contribution in [2.24, 2.45) is 0 Å². The van der Waals surface area contributed by atoms with E-state index < -0.39 is 5.77 Å². The van der Waals surface area contributed by atoms with Crippen LogP contribution in [0.25, 0.3) is 0 Å². The van der Waals surface area contributed by atoms with Gasteiger partial charge in [-0.15, -0.1) is 11.8 Å². The smallest absolute Gasteiger partial charge is 0.313 e. The number of hydrogen-bond donors (Lipinski definition) is 0. The van der Waals surface area contributed by atoms with Crippen LogP contribution in [0.2, 0.25) is 0 Å². The summed E-state index contributed by atoms with van der Waals surface area (Å²) in [4.78, 5) is 1.19. The molecular formula is C9H13O2PS3. The van der Waals surface area contributed by atoms with Crippen LogP contribution in [-0.2, 0) is 9.09 Å². The maximum absolute atomic E-state index is 11.8. The van der Waals surface area contributed by atoms with Gasteiger partial charge in [-0.1, -0.05) is 29.6 Å². The van der Waals surface area contributed by atoms with Crippen LogP contribution < -0.4 is 0 Å². The van der Waals surface area contributed by atoms with Gasteiger partial charge in [-0.05, 0) is 29.8 Å². The van der Waals surface area contributed by atoms with Gasteiger partial charge in [0.1, 0.15) is 0 Å². The van der Waals surface area contributed by atoms with E-state index in [9.17, 15) is 4.57 Å². The highest BCUT2D eigenvalue weighted by molar-refractivity contribution is 8.89. The second kappa shape index (κ2) is 6.92. The fraction of sp³-hybridized carbons (Fsp3) is 0.333. The fourth-order valence-corrected chi connectivity index (χ4v) is 7.66. The predicted molar refractivity (Wildman–Crippen MR) is 72.9 cm³/mol. The summed E-state index contributed by atoms with van der Waals surface area (Å²) in [7, 11) is 1.50. The predicted octanol–water partition coefficient (Wildman–Crippen LogP) is 4.59. The molecule has 2 nitrogen and oxygen atoms in total. The molecule has 15 heavy (non-hydrogen) atoms. The first kappa shape index (κ1) is 13.5. The minimum Gasteiger partial charge on any atom is -0.317 e. The number of hydrogen-bond acceptors (Lipinski definition) is 5. The molecule has 0 fully saturated rings. The third kappa shape index (κ3) is 4.87. The van der Waals surface area contributed by atoms with E-state index in [4.69, 9.17) is 4.52 Å². The van der Waals surface area contributed by atoms with E-state index in [0.717, 1.165) is 5.08 Å². The summed E-state index contributed by atoms with van der Waals surface area (Å²) in [6.07, 6.45) is 1.81. The maximum atomic E-state index is 11.8. The summed E-state index contributed by atoms with van der Waals surface area (Å²) >= 11 is 4.34. The number of rotatable bonds is 6. The van der Waals surface area contributed by atoms with E-state index in [1.165, 1.54) is 34.8 Å². The molecule has 0 saturated heterocycles. The normalized spacial score (nSPS) is 14.8. The molecule has 0 N–H and O–H groups in total. The van der Waals surface area contributed by atoms with Crippen molar-refractivity contribution in [1.82, 2.24) is 0 Å². The monoisotopic (exact) mass is 280 g/mol. The molecule has 0 radical (unpaired) electrons. The van der Waals surface area contributed by atoms with Gasteiger partial charge in [0.2, 0.25) is 0 Å². The van der Waals surface area contributed by atoms with Crippen molar-refractivity contribution in [3.8, 4) is 0 Å². The molecule has 1 rings (SSSR count). The Morgan fingerprint density at radius 3 is 2.53 bits per heavy atom. The number of benzene rings is 1. The second-order valence-corrected chi connectivity index (χ2v) is 11.6. The molecule has 0 aliphatic rings. The second-order valence-electron chi connectivity index (χ2n) is 2.52. The van der Waals surface area contributed by atoms with E-state index in [-0.39, 0.29) is 0 Å². The maximum Gasteiger partial charge on any atom is 0.313 e. The van der Waals surface area contributed by atoms with Crippen LogP contribution >= 0.6 is 40.3 Å². The Kier molecular flexibility index (Phi) is 6.24. The molecule has 0 bridgehead atoms. The van der Waals surface area contributed by atoms with E-state index >= 15 is 0 Å². The van der Waals surface area contributed by atoms with Crippen molar-refractivity contribution >= 4 is 40.3 Å². The Hall–Kier alpha value is 0.460. The molecule has 0 heterocycles. The van der Waals surface area contributed by atoms with Crippen LogP contribution in [0.3, 0.4) is 0 Å². The van der Waals surface area contributed by atoms with Gasteiger partial charge in [-0.25, -0.2) is 0 Å². The van der Waals surface area contributed by atoms with Gasteiger partial charge in [0.25, 0.3) is 0 Å². The van der Waals surface area contributed by atoms with Gasteiger partial charge in [-0.3, -0.25) is 4.57 Å². The van der Waals surface area contributed by atoms with Crippen molar-refractivity contribution in [2.75, 3.05) is 18.5 Å². The lowest BCUT2D eigenvalue weighted by molar-refractivity contribution is 0.424.